The molecule has 682 valence electrons. The highest BCUT2D eigenvalue weighted by Gasteiger charge is 2.16. The van der Waals surface area contributed by atoms with Crippen LogP contribution in [0.15, 0.2) is 319 Å². The first-order valence-electron chi connectivity index (χ1n) is 42.8. The average Bonchev–Trinajstić information content (AvgIpc) is 0.784. The SMILES string of the molecule is CC(=O)c1ccc(-c2ccc(C(C)=O)cc2)cc1.CC(=O)c1ccc(C(C)=O)cc1.CC(=O)c1ccc(OCCOc2ccc(C(C)=O)cc2)cc1.CC(=O)c1ccc(Oc2ccc(C(C)=O)cc2)cc1.CC(=O)c1ccc(SC2=CCC(C(C)=O)C=C2)cc1.CC(=O)c1ccc2cc(C(C)=O)ccc2c1.CC(=O)c1cccc(C(C)=O)c1.CC(=O)c1cccc2c(C(C)=O)cccc12. The Hall–Kier alpha value is -15.7. The van der Waals surface area contributed by atoms with Gasteiger partial charge in [0, 0.05) is 99.2 Å². The fourth-order valence-electron chi connectivity index (χ4n) is 12.7. The van der Waals surface area contributed by atoms with Crippen LogP contribution in [-0.2, 0) is 4.79 Å². The van der Waals surface area contributed by atoms with Crippen molar-refractivity contribution in [2.24, 2.45) is 5.92 Å². The lowest BCUT2D eigenvalue weighted by atomic mass is 9.97. The van der Waals surface area contributed by atoms with Crippen molar-refractivity contribution in [2.45, 2.75) is 122 Å². The number of thioether (sulfide) groups is 1. The lowest BCUT2D eigenvalue weighted by Gasteiger charge is -2.13. The molecule has 13 aromatic rings. The van der Waals surface area contributed by atoms with E-state index in [1.165, 1.54) is 69.2 Å². The molecule has 0 N–H and O–H groups in total. The van der Waals surface area contributed by atoms with Crippen LogP contribution >= 0.6 is 11.8 Å². The molecule has 1 unspecified atom stereocenters. The van der Waals surface area contributed by atoms with Gasteiger partial charge in [0.15, 0.2) is 86.7 Å². The van der Waals surface area contributed by atoms with E-state index in [0.717, 1.165) is 54.5 Å². The highest BCUT2D eigenvalue weighted by atomic mass is 32.2. The smallest absolute Gasteiger partial charge is 0.160 e. The molecule has 0 spiro atoms. The van der Waals surface area contributed by atoms with Gasteiger partial charge in [0.25, 0.3) is 0 Å². The summed E-state index contributed by atoms with van der Waals surface area (Å²) in [5.74, 6) is 3.41. The van der Waals surface area contributed by atoms with Crippen LogP contribution in [0.25, 0.3) is 32.7 Å². The van der Waals surface area contributed by atoms with Crippen molar-refractivity contribution in [2.75, 3.05) is 13.2 Å². The Labute approximate surface area is 785 Å². The van der Waals surface area contributed by atoms with Gasteiger partial charge in [-0.25, -0.2) is 0 Å². The Morgan fingerprint density at radius 1 is 0.254 bits per heavy atom. The minimum Gasteiger partial charge on any atom is -0.490 e. The van der Waals surface area contributed by atoms with E-state index >= 15 is 0 Å². The first-order valence-corrected chi connectivity index (χ1v) is 43.6. The zero-order valence-electron chi connectivity index (χ0n) is 77.8. The third kappa shape index (κ3) is 34.0. The predicted octanol–water partition coefficient (Wildman–Crippen LogP) is 25.9. The molecule has 0 amide bonds. The molecule has 19 nitrogen and oxygen atoms in total. The minimum atomic E-state index is -0.0156. The van der Waals surface area contributed by atoms with Crippen molar-refractivity contribution < 1.29 is 90.9 Å². The molecule has 14 rings (SSSR count). The second kappa shape index (κ2) is 52.2. The molecule has 0 heterocycles. The van der Waals surface area contributed by atoms with E-state index in [1.54, 1.807) is 223 Å². The molecule has 0 aliphatic heterocycles. The highest BCUT2D eigenvalue weighted by molar-refractivity contribution is 8.03. The van der Waals surface area contributed by atoms with E-state index in [1.807, 2.05) is 133 Å². The molecule has 0 saturated carbocycles. The van der Waals surface area contributed by atoms with Crippen LogP contribution in [-0.4, -0.2) is 106 Å². The molecule has 0 radical (unpaired) electrons. The summed E-state index contributed by atoms with van der Waals surface area (Å²) in [6, 6.07) is 85.7. The van der Waals surface area contributed by atoms with Gasteiger partial charge in [0.05, 0.1) is 0 Å². The molecule has 0 saturated heterocycles. The van der Waals surface area contributed by atoms with Gasteiger partial charge in [-0.3, -0.25) is 76.7 Å². The van der Waals surface area contributed by atoms with Crippen molar-refractivity contribution in [1.82, 2.24) is 0 Å². The lowest BCUT2D eigenvalue weighted by Crippen LogP contribution is -2.09. The summed E-state index contributed by atoms with van der Waals surface area (Å²) in [5.41, 5.74) is 12.0. The van der Waals surface area contributed by atoms with Crippen molar-refractivity contribution in [1.29, 1.82) is 0 Å². The van der Waals surface area contributed by atoms with Crippen LogP contribution < -0.4 is 14.2 Å². The van der Waals surface area contributed by atoms with Crippen LogP contribution in [0.1, 0.15) is 273 Å². The zero-order chi connectivity index (χ0) is 98.4. The van der Waals surface area contributed by atoms with Gasteiger partial charge >= 0.3 is 0 Å². The molecule has 20 heteroatoms. The van der Waals surface area contributed by atoms with Crippen molar-refractivity contribution >= 4 is 126 Å². The summed E-state index contributed by atoms with van der Waals surface area (Å²) < 4.78 is 16.7. The third-order valence-corrected chi connectivity index (χ3v) is 21.7. The largest absolute Gasteiger partial charge is 0.490 e. The number of benzene rings is 13. The molecule has 0 bridgehead atoms. The lowest BCUT2D eigenvalue weighted by molar-refractivity contribution is -0.119. The molecule has 0 aromatic heterocycles. The van der Waals surface area contributed by atoms with Gasteiger partial charge < -0.3 is 14.2 Å². The van der Waals surface area contributed by atoms with Gasteiger partial charge in [-0.15, -0.1) is 0 Å². The van der Waals surface area contributed by atoms with Gasteiger partial charge in [-0.1, -0.05) is 194 Å². The first kappa shape index (κ1) is 105. The Morgan fingerprint density at radius 2 is 0.500 bits per heavy atom. The average molecular weight is 1810 g/mol. The van der Waals surface area contributed by atoms with Gasteiger partial charge in [0.2, 0.25) is 0 Å². The van der Waals surface area contributed by atoms with Crippen LogP contribution in [0.2, 0.25) is 0 Å². The van der Waals surface area contributed by atoms with Crippen LogP contribution in [0.5, 0.6) is 23.0 Å². The normalized spacial score (nSPS) is 11.2. The number of allylic oxidation sites excluding steroid dienone is 3. The summed E-state index contributed by atoms with van der Waals surface area (Å²) in [5, 5.41) is 3.67. The molecular formula is C114H106O19S. The Morgan fingerprint density at radius 3 is 0.761 bits per heavy atom. The topological polar surface area (TPSA) is 301 Å². The van der Waals surface area contributed by atoms with E-state index in [0.29, 0.717) is 114 Å². The monoisotopic (exact) mass is 1810 g/mol. The molecule has 1 aliphatic rings. The maximum Gasteiger partial charge on any atom is 0.160 e. The predicted molar refractivity (Wildman–Crippen MR) is 528 cm³/mol. The van der Waals surface area contributed by atoms with E-state index in [4.69, 9.17) is 14.2 Å². The summed E-state index contributed by atoms with van der Waals surface area (Å²) in [7, 11) is 0. The third-order valence-electron chi connectivity index (χ3n) is 20.6. The molecule has 1 atom stereocenters. The van der Waals surface area contributed by atoms with Crippen molar-refractivity contribution in [3.05, 3.63) is 398 Å². The number of Topliss-reactive ketones (excluding diaryl/α,β-unsaturated/α-hetero) is 16. The molecule has 0 fully saturated rings. The number of rotatable bonds is 26. The second-order valence-electron chi connectivity index (χ2n) is 31.1. The van der Waals surface area contributed by atoms with E-state index in [2.05, 4.69) is 6.08 Å². The number of hydrogen-bond acceptors (Lipinski definition) is 20. The quantitative estimate of drug-likeness (QED) is 0.0359. The minimum absolute atomic E-state index is 0.0156. The highest BCUT2D eigenvalue weighted by Crippen LogP contribution is 2.33. The Kier molecular flexibility index (Phi) is 41.1. The van der Waals surface area contributed by atoms with Crippen LogP contribution in [0, 0.1) is 5.92 Å². The standard InChI is InChI=1S/C18H18O4.C16H14O3.C16H16O2S.C16H14O2.2C14H12O2.2C10H10O2/c1-13(19)15-3-7-17(8-4-15)21-11-12-22-18-9-5-16(6-10-18)14(2)20;2*1-11(17)13-3-7-15(8-4-13)19-16-9-5-14(6-10-16)12(2)18;1-11(17)13-3-7-15(8-4-13)16-9-5-14(6-10-16)12(2)18;1-9(15)11-3-5-14-8-12(10(2)16)4-6-13(14)7-11;1-9(15)11-5-3-8-14-12(10(2)16)6-4-7-13(11)14;1-7(11)9-3-5-10(6-4-9)8(2)12;1-7(11)9-4-3-5-10(6-9)8(2)12/h3-10H,11-12H2,1-2H3;3-10H,1-2H3;3-5,7-10,14H,6H2,1-2H3;3-10H,1-2H3;2*3-8H,1-2H3;2*3-6H,1-2H3. The van der Waals surface area contributed by atoms with Crippen molar-refractivity contribution in [3.8, 4) is 34.1 Å². The fourth-order valence-corrected chi connectivity index (χ4v) is 13.6. The second-order valence-corrected chi connectivity index (χ2v) is 32.2. The van der Waals surface area contributed by atoms with Crippen LogP contribution in [0.3, 0.4) is 0 Å². The van der Waals surface area contributed by atoms with Crippen molar-refractivity contribution in [3.63, 3.8) is 0 Å². The summed E-state index contributed by atoms with van der Waals surface area (Å²) in [6.07, 6.45) is 6.84. The maximum absolute atomic E-state index is 11.5. The fraction of sp³-hybridized carbons (Fsp3) is 0.175. The molecule has 1 aliphatic carbocycles. The Bertz CT molecular complexity index is 6200. The summed E-state index contributed by atoms with van der Waals surface area (Å²) >= 11 is 1.65. The zero-order valence-corrected chi connectivity index (χ0v) is 78.6. The number of carbonyl (C=O) groups is 16. The van der Waals surface area contributed by atoms with Gasteiger partial charge in [0.1, 0.15) is 42.0 Å². The number of ether oxygens (including phenoxy) is 3. The molecule has 134 heavy (non-hydrogen) atoms. The Balaban J connectivity index is 0.000000210. The number of fused-ring (bicyclic) bond motifs is 2. The summed E-state index contributed by atoms with van der Waals surface area (Å²) in [4.78, 5) is 180. The molecule has 13 aromatic carbocycles. The van der Waals surface area contributed by atoms with Gasteiger partial charge in [-0.2, -0.15) is 0 Å². The number of hydrogen-bond donors (Lipinski definition) is 0. The maximum atomic E-state index is 11.5. The number of carbonyl (C=O) groups excluding carboxylic acids is 16. The molecular weight excluding hydrogens is 1710 g/mol. The first-order chi connectivity index (χ1) is 63.7. The van der Waals surface area contributed by atoms with Crippen LogP contribution in [0.4, 0.5) is 0 Å². The number of ketones is 16. The van der Waals surface area contributed by atoms with E-state index < -0.39 is 0 Å². The van der Waals surface area contributed by atoms with E-state index in [-0.39, 0.29) is 98.4 Å². The van der Waals surface area contributed by atoms with E-state index in [9.17, 15) is 76.7 Å². The van der Waals surface area contributed by atoms with Gasteiger partial charge in [-0.05, 0) is 277 Å². The summed E-state index contributed by atoms with van der Waals surface area (Å²) in [6.45, 7) is 25.3.